The van der Waals surface area contributed by atoms with Gasteiger partial charge in [0.15, 0.2) is 17.3 Å². The predicted octanol–water partition coefficient (Wildman–Crippen LogP) is 2.66. The number of hydrogen-bond acceptors (Lipinski definition) is 6. The van der Waals surface area contributed by atoms with E-state index in [1.165, 1.54) is 4.68 Å². The molecular formula is C19H19N5O4S. The van der Waals surface area contributed by atoms with E-state index in [1.807, 2.05) is 17.5 Å². The highest BCUT2D eigenvalue weighted by Gasteiger charge is 2.30. The summed E-state index contributed by atoms with van der Waals surface area (Å²) in [5, 5.41) is 12.0. The van der Waals surface area contributed by atoms with Crippen molar-refractivity contribution in [1.29, 1.82) is 0 Å². The van der Waals surface area contributed by atoms with Crippen molar-refractivity contribution < 1.29 is 14.3 Å². The molecule has 150 valence electrons. The van der Waals surface area contributed by atoms with E-state index in [2.05, 4.69) is 15.7 Å². The maximum Gasteiger partial charge on any atom is 0.346 e. The van der Waals surface area contributed by atoms with Crippen molar-refractivity contribution in [3.05, 3.63) is 46.2 Å². The van der Waals surface area contributed by atoms with Gasteiger partial charge in [0.1, 0.15) is 0 Å². The van der Waals surface area contributed by atoms with Crippen molar-refractivity contribution in [2.45, 2.75) is 25.4 Å². The normalized spacial score (nSPS) is 14.8. The molecular weight excluding hydrogens is 394 g/mol. The second-order valence-corrected chi connectivity index (χ2v) is 7.80. The molecule has 29 heavy (non-hydrogen) atoms. The SMILES string of the molecule is O=C(NCCn1nc(-c2cccs2)n(C2CC2)c1=O)Nc1ccc2c(c1)OCO2. The molecule has 1 fully saturated rings. The Morgan fingerprint density at radius 3 is 2.90 bits per heavy atom. The molecule has 0 atom stereocenters. The van der Waals surface area contributed by atoms with Gasteiger partial charge in [0, 0.05) is 24.3 Å². The third-order valence-electron chi connectivity index (χ3n) is 4.76. The van der Waals surface area contributed by atoms with Crippen LogP contribution in [0, 0.1) is 0 Å². The van der Waals surface area contributed by atoms with E-state index >= 15 is 0 Å². The average Bonchev–Trinajstić information content (AvgIpc) is 3.10. The minimum Gasteiger partial charge on any atom is -0.454 e. The lowest BCUT2D eigenvalue weighted by molar-refractivity contribution is 0.174. The minimum absolute atomic E-state index is 0.131. The Labute approximate surface area is 169 Å². The molecule has 0 saturated heterocycles. The first kappa shape index (κ1) is 17.8. The number of amides is 2. The van der Waals surface area contributed by atoms with E-state index < -0.39 is 0 Å². The highest BCUT2D eigenvalue weighted by atomic mass is 32.1. The van der Waals surface area contributed by atoms with Gasteiger partial charge in [-0.2, -0.15) is 0 Å². The molecule has 1 aromatic carbocycles. The van der Waals surface area contributed by atoms with E-state index in [4.69, 9.17) is 9.47 Å². The number of benzene rings is 1. The highest BCUT2D eigenvalue weighted by Crippen LogP contribution is 2.37. The fourth-order valence-corrected chi connectivity index (χ4v) is 3.93. The number of thiophene rings is 1. The fraction of sp³-hybridized carbons (Fsp3) is 0.316. The summed E-state index contributed by atoms with van der Waals surface area (Å²) in [5.74, 6) is 1.96. The lowest BCUT2D eigenvalue weighted by Gasteiger charge is -2.08. The summed E-state index contributed by atoms with van der Waals surface area (Å²) in [7, 11) is 0. The second-order valence-electron chi connectivity index (χ2n) is 6.86. The van der Waals surface area contributed by atoms with Gasteiger partial charge in [0.05, 0.1) is 11.4 Å². The lowest BCUT2D eigenvalue weighted by Crippen LogP contribution is -2.34. The van der Waals surface area contributed by atoms with Crippen LogP contribution in [-0.4, -0.2) is 33.7 Å². The van der Waals surface area contributed by atoms with Crippen LogP contribution in [0.25, 0.3) is 10.7 Å². The summed E-state index contributed by atoms with van der Waals surface area (Å²) in [5.41, 5.74) is 0.468. The monoisotopic (exact) mass is 413 g/mol. The van der Waals surface area contributed by atoms with Gasteiger partial charge >= 0.3 is 11.7 Å². The molecule has 5 rings (SSSR count). The molecule has 0 bridgehead atoms. The van der Waals surface area contributed by atoms with Gasteiger partial charge in [-0.3, -0.25) is 4.57 Å². The molecule has 9 nitrogen and oxygen atoms in total. The first-order valence-electron chi connectivity index (χ1n) is 9.37. The summed E-state index contributed by atoms with van der Waals surface area (Å²) in [4.78, 5) is 25.9. The van der Waals surface area contributed by atoms with Gasteiger partial charge in [0.25, 0.3) is 0 Å². The van der Waals surface area contributed by atoms with Gasteiger partial charge < -0.3 is 20.1 Å². The molecule has 2 aromatic heterocycles. The Morgan fingerprint density at radius 1 is 1.24 bits per heavy atom. The zero-order valence-electron chi connectivity index (χ0n) is 15.5. The Kier molecular flexibility index (Phi) is 4.47. The molecule has 1 aliphatic carbocycles. The van der Waals surface area contributed by atoms with Gasteiger partial charge in [-0.15, -0.1) is 16.4 Å². The fourth-order valence-electron chi connectivity index (χ4n) is 3.23. The maximum absolute atomic E-state index is 12.8. The summed E-state index contributed by atoms with van der Waals surface area (Å²) < 4.78 is 13.8. The summed E-state index contributed by atoms with van der Waals surface area (Å²) in [6, 6.07) is 8.97. The lowest BCUT2D eigenvalue weighted by atomic mass is 10.3. The molecule has 2 aliphatic rings. The predicted molar refractivity (Wildman–Crippen MR) is 108 cm³/mol. The van der Waals surface area contributed by atoms with Crippen LogP contribution in [0.15, 0.2) is 40.5 Å². The van der Waals surface area contributed by atoms with Crippen molar-refractivity contribution in [3.8, 4) is 22.2 Å². The molecule has 1 aliphatic heterocycles. The molecule has 3 aromatic rings. The van der Waals surface area contributed by atoms with Crippen LogP contribution in [0.5, 0.6) is 11.5 Å². The number of ether oxygens (including phenoxy) is 2. The maximum atomic E-state index is 12.8. The topological polar surface area (TPSA) is 99.4 Å². The third-order valence-corrected chi connectivity index (χ3v) is 5.63. The van der Waals surface area contributed by atoms with Gasteiger partial charge in [-0.25, -0.2) is 14.3 Å². The smallest absolute Gasteiger partial charge is 0.346 e. The molecule has 2 amide bonds. The average molecular weight is 413 g/mol. The Hall–Kier alpha value is -3.27. The zero-order valence-corrected chi connectivity index (χ0v) is 16.3. The highest BCUT2D eigenvalue weighted by molar-refractivity contribution is 7.13. The first-order chi connectivity index (χ1) is 14.2. The number of carbonyl (C=O) groups excluding carboxylic acids is 1. The first-order valence-corrected chi connectivity index (χ1v) is 10.2. The Balaban J connectivity index is 1.22. The number of urea groups is 1. The van der Waals surface area contributed by atoms with Gasteiger partial charge in [-0.05, 0) is 36.4 Å². The van der Waals surface area contributed by atoms with Crippen LogP contribution in [0.4, 0.5) is 10.5 Å². The van der Waals surface area contributed by atoms with E-state index in [9.17, 15) is 9.59 Å². The number of carbonyl (C=O) groups is 1. The summed E-state index contributed by atoms with van der Waals surface area (Å²) in [6.45, 7) is 0.758. The number of aromatic nitrogens is 3. The summed E-state index contributed by atoms with van der Waals surface area (Å²) in [6.07, 6.45) is 2.00. The Morgan fingerprint density at radius 2 is 2.10 bits per heavy atom. The molecule has 0 unspecified atom stereocenters. The number of nitrogens with one attached hydrogen (secondary N) is 2. The van der Waals surface area contributed by atoms with E-state index in [0.29, 0.717) is 29.6 Å². The molecule has 3 heterocycles. The number of anilines is 1. The zero-order chi connectivity index (χ0) is 19.8. The number of nitrogens with zero attached hydrogens (tertiary/aromatic N) is 3. The second kappa shape index (κ2) is 7.28. The van der Waals surface area contributed by atoms with Crippen molar-refractivity contribution in [1.82, 2.24) is 19.7 Å². The summed E-state index contributed by atoms with van der Waals surface area (Å²) >= 11 is 1.56. The molecule has 1 saturated carbocycles. The molecule has 2 N–H and O–H groups in total. The standard InChI is InChI=1S/C19H19N5O4S/c25-18(21-12-3-6-14-15(10-12)28-11-27-14)20-7-8-23-19(26)24(13-4-5-13)17(22-23)16-2-1-9-29-16/h1-3,6,9-10,13H,4-5,7-8,11H2,(H2,20,21,25). The van der Waals surface area contributed by atoms with Crippen LogP contribution in [0.1, 0.15) is 18.9 Å². The van der Waals surface area contributed by atoms with E-state index in [1.54, 1.807) is 34.1 Å². The van der Waals surface area contributed by atoms with Crippen LogP contribution < -0.4 is 25.8 Å². The van der Waals surface area contributed by atoms with E-state index in [0.717, 1.165) is 17.7 Å². The Bertz CT molecular complexity index is 1100. The van der Waals surface area contributed by atoms with Crippen molar-refractivity contribution in [2.75, 3.05) is 18.7 Å². The largest absolute Gasteiger partial charge is 0.454 e. The minimum atomic E-state index is -0.364. The van der Waals surface area contributed by atoms with Crippen LogP contribution in [0.2, 0.25) is 0 Å². The number of rotatable bonds is 6. The quantitative estimate of drug-likeness (QED) is 0.647. The molecule has 0 spiro atoms. The molecule has 0 radical (unpaired) electrons. The van der Waals surface area contributed by atoms with Crippen LogP contribution in [-0.2, 0) is 6.54 Å². The van der Waals surface area contributed by atoms with Gasteiger partial charge in [-0.1, -0.05) is 6.07 Å². The van der Waals surface area contributed by atoms with Crippen molar-refractivity contribution in [3.63, 3.8) is 0 Å². The third kappa shape index (κ3) is 3.58. The number of fused-ring (bicyclic) bond motifs is 1. The molecule has 10 heteroatoms. The number of hydrogen-bond donors (Lipinski definition) is 2. The van der Waals surface area contributed by atoms with Gasteiger partial charge in [0.2, 0.25) is 6.79 Å². The van der Waals surface area contributed by atoms with Crippen molar-refractivity contribution in [2.24, 2.45) is 0 Å². The van der Waals surface area contributed by atoms with E-state index in [-0.39, 0.29) is 31.1 Å². The van der Waals surface area contributed by atoms with Crippen LogP contribution in [0.3, 0.4) is 0 Å². The van der Waals surface area contributed by atoms with Crippen LogP contribution >= 0.6 is 11.3 Å². The van der Waals surface area contributed by atoms with Crippen molar-refractivity contribution >= 4 is 23.1 Å².